The quantitative estimate of drug-likeness (QED) is 0.00692. The maximum atomic E-state index is 15.0. The minimum absolute atomic E-state index is 0.102. The number of aromatic amines is 1. The smallest absolute Gasteiger partial charge is 0.329 e. The van der Waals surface area contributed by atoms with Gasteiger partial charge in [0.25, 0.3) is 0 Å². The van der Waals surface area contributed by atoms with Gasteiger partial charge in [0.2, 0.25) is 82.7 Å². The Morgan fingerprint density at radius 2 is 1.05 bits per heavy atom. The summed E-state index contributed by atoms with van der Waals surface area (Å²) >= 11 is 0. The molecule has 1 aliphatic heterocycles. The number of aromatic nitrogens is 1. The van der Waals surface area contributed by atoms with Crippen molar-refractivity contribution < 1.29 is 126 Å². The molecule has 0 unspecified atom stereocenters. The number of ether oxygens (including phenoxy) is 1. The molecule has 0 radical (unpaired) electrons. The van der Waals surface area contributed by atoms with Gasteiger partial charge in [0.1, 0.15) is 72.6 Å². The van der Waals surface area contributed by atoms with Crippen molar-refractivity contribution in [3.63, 3.8) is 0 Å². The van der Waals surface area contributed by atoms with Crippen molar-refractivity contribution in [1.82, 2.24) is 74.1 Å². The Morgan fingerprint density at radius 1 is 0.512 bits per heavy atom. The van der Waals surface area contributed by atoms with Crippen LogP contribution in [0, 0.1) is 5.92 Å². The maximum Gasteiger partial charge on any atom is 0.329 e. The molecule has 1 fully saturated rings. The Hall–Kier alpha value is -15.3. The third kappa shape index (κ3) is 26.6. The molecule has 7 aromatic carbocycles. The second-order valence-corrected chi connectivity index (χ2v) is 31.0. The first kappa shape index (κ1) is 97.5. The highest BCUT2D eigenvalue weighted by molar-refractivity contribution is 6.33. The number of anilines is 1. The van der Waals surface area contributed by atoms with E-state index >= 15 is 0 Å². The van der Waals surface area contributed by atoms with E-state index in [0.29, 0.717) is 22.9 Å². The lowest BCUT2D eigenvalue weighted by molar-refractivity contribution is -0.156. The van der Waals surface area contributed by atoms with E-state index in [4.69, 9.17) is 21.9 Å². The fourth-order valence-electron chi connectivity index (χ4n) is 14.8. The molecule has 1 aliphatic rings. The molecule has 14 amide bonds. The van der Waals surface area contributed by atoms with Crippen LogP contribution in [0.3, 0.4) is 0 Å². The zero-order valence-electron chi connectivity index (χ0n) is 69.9. The molecule has 0 saturated carbocycles. The number of aliphatic hydroxyl groups is 1. The molecule has 0 spiro atoms. The monoisotopic (exact) mass is 1790 g/mol. The lowest BCUT2D eigenvalue weighted by Crippen LogP contribution is -2.62. The second-order valence-electron chi connectivity index (χ2n) is 31.0. The van der Waals surface area contributed by atoms with Crippen LogP contribution in [0.5, 0.6) is 0 Å². The maximum absolute atomic E-state index is 15.0. The number of carbonyl (C=O) groups excluding carboxylic acids is 16. The summed E-state index contributed by atoms with van der Waals surface area (Å²) in [5.41, 5.74) is 19.1. The van der Waals surface area contributed by atoms with Gasteiger partial charge in [0.05, 0.1) is 51.8 Å². The SMILES string of the molecule is C[C@H]1NC(=O)[C@H](CC(=O)O)NC(=O)[C@H](CCCN)NC(=O)CNC(=O)[C@@H](NC(=O)[C@H](CC(=O)O)NC(=O)[C@@H](CC(N)=O)NC(=O)[C@H](Cc2c[nH]c3ccccc23)NC(=O)CCCc2cc3cccc4c5cccc6cccc(c(c2)c34)c65)[C@@H](C)OC(=O)[C@H](CC(=O)c2ccccc2N)NC(=O)[C@H]([C@@H](C)CC(=O)O)NC(=O)[C@@H](CO)NC(=O)CNC(=O)[C@H](CC(=O)O)NC1=O. The highest BCUT2D eigenvalue weighted by Gasteiger charge is 2.41. The fraction of sp³-hybridized carbons (Fsp3) is 0.372. The van der Waals surface area contributed by atoms with Crippen molar-refractivity contribution >= 4 is 178 Å². The Bertz CT molecular complexity index is 5660. The zero-order valence-corrected chi connectivity index (χ0v) is 69.9. The van der Waals surface area contributed by atoms with Crippen LogP contribution in [0.15, 0.2) is 121 Å². The van der Waals surface area contributed by atoms with Crippen LogP contribution in [0.1, 0.15) is 106 Å². The summed E-state index contributed by atoms with van der Waals surface area (Å²) in [6, 6.07) is 11.7. The fourth-order valence-corrected chi connectivity index (χ4v) is 14.8. The summed E-state index contributed by atoms with van der Waals surface area (Å²) in [5.74, 6) is -30.0. The minimum atomic E-state index is -2.47. The number of hydrogen-bond acceptors (Lipinski definition) is 24. The third-order valence-electron chi connectivity index (χ3n) is 21.2. The molecule has 8 aromatic rings. The van der Waals surface area contributed by atoms with Crippen molar-refractivity contribution in [2.75, 3.05) is 32.0 Å². The number of nitrogens with two attached hydrogens (primary N) is 3. The largest absolute Gasteiger partial charge is 0.481 e. The molecule has 43 heteroatoms. The van der Waals surface area contributed by atoms with Gasteiger partial charge in [-0.25, -0.2) is 4.79 Å². The van der Waals surface area contributed by atoms with Crippen LogP contribution in [0.25, 0.3) is 54.0 Å². The number of nitrogen functional groups attached to an aromatic ring is 1. The van der Waals surface area contributed by atoms with Gasteiger partial charge in [0, 0.05) is 47.6 Å². The Morgan fingerprint density at radius 3 is 1.67 bits per heavy atom. The first-order valence-corrected chi connectivity index (χ1v) is 40.9. The number of ketones is 1. The Kier molecular flexibility index (Phi) is 34.0. The number of aliphatic hydroxyl groups excluding tert-OH is 1. The number of nitrogens with one attached hydrogen (secondary N) is 14. The molecular formula is C86H99N17O26. The molecule has 129 heavy (non-hydrogen) atoms. The molecule has 13 atom stereocenters. The highest BCUT2D eigenvalue weighted by atomic mass is 16.5. The second kappa shape index (κ2) is 45.0. The summed E-state index contributed by atoms with van der Waals surface area (Å²) in [4.78, 5) is 279. The molecule has 0 aliphatic carbocycles. The van der Waals surface area contributed by atoms with Gasteiger partial charge >= 0.3 is 29.8 Å². The van der Waals surface area contributed by atoms with Gasteiger partial charge < -0.3 is 122 Å². The number of H-pyrrole nitrogens is 1. The minimum Gasteiger partial charge on any atom is -0.481 e. The van der Waals surface area contributed by atoms with E-state index < -0.39 is 261 Å². The van der Waals surface area contributed by atoms with Crippen LogP contribution in [0.2, 0.25) is 0 Å². The van der Waals surface area contributed by atoms with Crippen molar-refractivity contribution in [2.24, 2.45) is 17.4 Å². The summed E-state index contributed by atoms with van der Waals surface area (Å²) in [6.45, 7) is -0.984. The zero-order chi connectivity index (χ0) is 94.2. The van der Waals surface area contributed by atoms with Crippen molar-refractivity contribution in [2.45, 2.75) is 170 Å². The van der Waals surface area contributed by atoms with Gasteiger partial charge in [-0.05, 0) is 124 Å². The number of fused-ring (bicyclic) bond motifs is 3. The van der Waals surface area contributed by atoms with Gasteiger partial charge in [-0.2, -0.15) is 0 Å². The Labute approximate surface area is 733 Å². The normalized spacial score (nSPS) is 20.3. The predicted octanol–water partition coefficient (Wildman–Crippen LogP) is -2.69. The number of hydrogen-bond donors (Lipinski definition) is 22. The Balaban J connectivity index is 1.02. The van der Waals surface area contributed by atoms with E-state index in [1.165, 1.54) is 24.3 Å². The van der Waals surface area contributed by atoms with Crippen molar-refractivity contribution in [3.05, 3.63) is 138 Å². The number of esters is 1. The number of carbonyl (C=O) groups is 20. The third-order valence-corrected chi connectivity index (χ3v) is 21.2. The number of Topliss-reactive ketones (excluding diaryl/α,β-unsaturated/α-hetero) is 1. The number of aliphatic carboxylic acids is 4. The lowest BCUT2D eigenvalue weighted by atomic mass is 9.88. The number of para-hydroxylation sites is 2. The van der Waals surface area contributed by atoms with E-state index in [1.54, 1.807) is 30.5 Å². The van der Waals surface area contributed by atoms with E-state index in [2.05, 4.69) is 88.5 Å². The van der Waals surface area contributed by atoms with Gasteiger partial charge in [0.15, 0.2) is 5.78 Å². The lowest BCUT2D eigenvalue weighted by Gasteiger charge is -2.30. The first-order chi connectivity index (χ1) is 61.3. The van der Waals surface area contributed by atoms with Crippen molar-refractivity contribution in [3.8, 4) is 0 Å². The number of cyclic esters (lactones) is 1. The van der Waals surface area contributed by atoms with Crippen LogP contribution >= 0.6 is 0 Å². The summed E-state index contributed by atoms with van der Waals surface area (Å²) < 4.78 is 5.72. The summed E-state index contributed by atoms with van der Waals surface area (Å²) in [5, 5.41) is 87.7. The summed E-state index contributed by atoms with van der Waals surface area (Å²) in [6.07, 6.45) is -7.95. The average molecular weight is 1790 g/mol. The molecule has 2 heterocycles. The van der Waals surface area contributed by atoms with Crippen LogP contribution in [0.4, 0.5) is 5.69 Å². The molecule has 1 saturated heterocycles. The average Bonchev–Trinajstić information content (AvgIpc) is 1.12. The highest BCUT2D eigenvalue weighted by Crippen LogP contribution is 2.41. The summed E-state index contributed by atoms with van der Waals surface area (Å²) in [7, 11) is 0. The van der Waals surface area contributed by atoms with Gasteiger partial charge in [-0.3, -0.25) is 91.1 Å². The van der Waals surface area contributed by atoms with E-state index in [9.17, 15) is 121 Å². The molecular weight excluding hydrogens is 1690 g/mol. The van der Waals surface area contributed by atoms with Gasteiger partial charge in [-0.15, -0.1) is 0 Å². The van der Waals surface area contributed by atoms with E-state index in [1.807, 2.05) is 52.3 Å². The number of carboxylic acids is 4. The number of aryl methyl sites for hydroxylation is 1. The van der Waals surface area contributed by atoms with E-state index in [0.717, 1.165) is 69.4 Å². The van der Waals surface area contributed by atoms with Gasteiger partial charge in [-0.1, -0.05) is 104 Å². The van der Waals surface area contributed by atoms with Crippen LogP contribution in [-0.4, -0.2) is 248 Å². The van der Waals surface area contributed by atoms with Crippen LogP contribution in [-0.2, 0) is 109 Å². The molecule has 9 rings (SSSR count). The number of carboxylic acid groups (broad SMARTS) is 4. The number of amides is 14. The molecule has 0 bridgehead atoms. The molecule has 25 N–H and O–H groups in total. The standard InChI is InChI=1S/C86H99N17O26/c1-40(27-68(110)111)74-85(127)101-61(31-63(105)51-18-4-6-22-53(51)88)86(128)129-42(3)75(84(126)92-38-66(108)94-55(24-12-26-87)78(120)99-59(34-70(114)115)79(121)93-41(2)76(118)97-58(33-69(112)113)77(119)91-37-67(109)96-62(39-104)83(125)102-74)103-82(124)60(35-71(116)117)100-81(123)57(32-64(89)106)98-80(122)56(30-46-36-90-54-23-7-5-17-47(46)54)95-65(107)25-8-13-43-28-45-16-11-20-49-48-19-9-14-44-15-10-21-50(72(44)48)52(29-43)73(45)49/h4-7,9-11,14-23,28-29,36,40-42,55-62,74-75,90,104H,8,12-13,24-27,30-35,37-39,87-88H2,1-3H3,(H2,89,106)(H,91,119)(H,92,126)(H,93,121)(H,94,108)(H,95,107)(H,96,109)(H,97,118)(H,98,122)(H,99,120)(H,100,123)(H,101,127)(H,102,125)(H,103,124)(H,110,111)(H,112,113)(H,114,115)(H,116,117)/t40-,41+,42+,55-,56-,57+,58-,59-,60-,61-,62+,74-,75-/m0/s1. The number of benzene rings is 7. The predicted molar refractivity (Wildman–Crippen MR) is 458 cm³/mol. The first-order valence-electron chi connectivity index (χ1n) is 40.9. The molecule has 1 aromatic heterocycles. The topological polar surface area (TPSA) is 702 Å². The molecule has 684 valence electrons. The number of primary amides is 1. The molecule has 43 nitrogen and oxygen atoms in total. The number of rotatable bonds is 31. The van der Waals surface area contributed by atoms with Crippen molar-refractivity contribution in [1.29, 1.82) is 0 Å². The van der Waals surface area contributed by atoms with E-state index in [-0.39, 0.29) is 43.5 Å². The van der Waals surface area contributed by atoms with Crippen LogP contribution < -0.4 is 86.3 Å².